The van der Waals surface area contributed by atoms with Gasteiger partial charge in [-0.05, 0) is 19.1 Å². The molecule has 122 valence electrons. The number of nitro groups is 1. The van der Waals surface area contributed by atoms with Crippen LogP contribution in [-0.4, -0.2) is 21.0 Å². The molecule has 0 radical (unpaired) electrons. The summed E-state index contributed by atoms with van der Waals surface area (Å²) in [4.78, 5) is 22.7. The van der Waals surface area contributed by atoms with Crippen LogP contribution in [0.4, 0.5) is 10.1 Å². The van der Waals surface area contributed by atoms with E-state index < -0.39 is 22.7 Å². The molecule has 0 saturated heterocycles. The Labute approximate surface area is 135 Å². The molecule has 1 atom stereocenters. The van der Waals surface area contributed by atoms with Gasteiger partial charge in [-0.15, -0.1) is 0 Å². The maximum atomic E-state index is 13.8. The minimum Gasteiger partial charge on any atom is -0.344 e. The number of rotatable bonds is 4. The molecule has 0 aliphatic heterocycles. The van der Waals surface area contributed by atoms with Gasteiger partial charge in [0.2, 0.25) is 0 Å². The lowest BCUT2D eigenvalue weighted by molar-refractivity contribution is -0.384. The van der Waals surface area contributed by atoms with Gasteiger partial charge in [0.15, 0.2) is 5.69 Å². The van der Waals surface area contributed by atoms with Gasteiger partial charge in [-0.3, -0.25) is 20.0 Å². The number of nitrogens with zero attached hydrogens (tertiary/aromatic N) is 2. The molecule has 3 aromatic rings. The van der Waals surface area contributed by atoms with Crippen LogP contribution in [0.25, 0.3) is 10.9 Å². The van der Waals surface area contributed by atoms with E-state index >= 15 is 0 Å². The molecule has 1 unspecified atom stereocenters. The molecule has 0 bridgehead atoms. The van der Waals surface area contributed by atoms with Crippen molar-refractivity contribution < 1.29 is 14.1 Å². The van der Waals surface area contributed by atoms with Gasteiger partial charge in [0.05, 0.1) is 16.5 Å². The molecule has 0 spiro atoms. The van der Waals surface area contributed by atoms with Crippen LogP contribution in [0.5, 0.6) is 0 Å². The molecule has 1 aromatic heterocycles. The Morgan fingerprint density at radius 2 is 2.08 bits per heavy atom. The predicted octanol–water partition coefficient (Wildman–Crippen LogP) is 3.10. The highest BCUT2D eigenvalue weighted by molar-refractivity contribution is 6.05. The number of aromatic amines is 1. The molecular weight excluding hydrogens is 315 g/mol. The van der Waals surface area contributed by atoms with Gasteiger partial charge in [-0.25, -0.2) is 4.39 Å². The van der Waals surface area contributed by atoms with Gasteiger partial charge in [0, 0.05) is 23.1 Å². The topological polar surface area (TPSA) is 101 Å². The van der Waals surface area contributed by atoms with Gasteiger partial charge in [0.25, 0.3) is 11.6 Å². The van der Waals surface area contributed by atoms with Gasteiger partial charge in [-0.1, -0.05) is 18.2 Å². The highest BCUT2D eigenvalue weighted by atomic mass is 19.1. The smallest absolute Gasteiger partial charge is 0.272 e. The Morgan fingerprint density at radius 3 is 2.79 bits per heavy atom. The van der Waals surface area contributed by atoms with Crippen molar-refractivity contribution in [2.45, 2.75) is 13.0 Å². The highest BCUT2D eigenvalue weighted by Gasteiger charge is 2.20. The number of benzene rings is 2. The normalized spacial score (nSPS) is 12.1. The van der Waals surface area contributed by atoms with E-state index in [1.807, 2.05) is 0 Å². The van der Waals surface area contributed by atoms with Crippen molar-refractivity contribution in [1.82, 2.24) is 15.5 Å². The van der Waals surface area contributed by atoms with Crippen molar-refractivity contribution in [1.29, 1.82) is 0 Å². The summed E-state index contributed by atoms with van der Waals surface area (Å²) in [6, 6.07) is 9.63. The van der Waals surface area contributed by atoms with Crippen LogP contribution in [-0.2, 0) is 0 Å². The molecule has 3 rings (SSSR count). The summed E-state index contributed by atoms with van der Waals surface area (Å²) in [5.74, 6) is -0.967. The number of carbonyl (C=O) groups excluding carboxylic acids is 1. The molecule has 24 heavy (non-hydrogen) atoms. The number of non-ortho nitro benzene ring substituents is 1. The van der Waals surface area contributed by atoms with E-state index in [0.717, 1.165) is 0 Å². The van der Waals surface area contributed by atoms with E-state index in [-0.39, 0.29) is 11.4 Å². The van der Waals surface area contributed by atoms with E-state index in [0.29, 0.717) is 16.5 Å². The fourth-order valence-electron chi connectivity index (χ4n) is 2.46. The summed E-state index contributed by atoms with van der Waals surface area (Å²) in [6.07, 6.45) is 0. The van der Waals surface area contributed by atoms with Crippen LogP contribution in [0, 0.1) is 15.9 Å². The lowest BCUT2D eigenvalue weighted by Gasteiger charge is -2.14. The number of H-pyrrole nitrogens is 1. The average Bonchev–Trinajstić information content (AvgIpc) is 2.98. The zero-order valence-electron chi connectivity index (χ0n) is 12.6. The first-order chi connectivity index (χ1) is 11.5. The standard InChI is InChI=1S/C16H13FN4O3/c1-9(11-4-2-3-5-13(11)17)18-16(22)15-12-8-10(21(23)24)6-7-14(12)19-20-15/h2-9H,1H3,(H,18,22)(H,19,20). The molecule has 2 aromatic carbocycles. The Kier molecular flexibility index (Phi) is 3.95. The zero-order valence-corrected chi connectivity index (χ0v) is 12.6. The first-order valence-corrected chi connectivity index (χ1v) is 7.15. The molecule has 2 N–H and O–H groups in total. The summed E-state index contributed by atoms with van der Waals surface area (Å²) in [6.45, 7) is 1.65. The van der Waals surface area contributed by atoms with Crippen molar-refractivity contribution >= 4 is 22.5 Å². The SMILES string of the molecule is CC(NC(=O)c1n[nH]c2ccc([N+](=O)[O-])cc12)c1ccccc1F. The molecule has 7 nitrogen and oxygen atoms in total. The van der Waals surface area contributed by atoms with Gasteiger partial charge < -0.3 is 5.32 Å². The maximum Gasteiger partial charge on any atom is 0.272 e. The van der Waals surface area contributed by atoms with E-state index in [1.165, 1.54) is 24.3 Å². The molecule has 0 saturated carbocycles. The Hall–Kier alpha value is -3.29. The number of aromatic nitrogens is 2. The first-order valence-electron chi connectivity index (χ1n) is 7.15. The van der Waals surface area contributed by atoms with E-state index in [2.05, 4.69) is 15.5 Å². The predicted molar refractivity (Wildman–Crippen MR) is 85.0 cm³/mol. The van der Waals surface area contributed by atoms with Crippen molar-refractivity contribution in [2.75, 3.05) is 0 Å². The monoisotopic (exact) mass is 328 g/mol. The fraction of sp³-hybridized carbons (Fsp3) is 0.125. The molecule has 0 fully saturated rings. The lowest BCUT2D eigenvalue weighted by Crippen LogP contribution is -2.27. The van der Waals surface area contributed by atoms with Crippen molar-refractivity contribution in [3.05, 3.63) is 69.7 Å². The summed E-state index contributed by atoms with van der Waals surface area (Å²) < 4.78 is 13.8. The third kappa shape index (κ3) is 2.81. The zero-order chi connectivity index (χ0) is 17.3. The molecule has 0 aliphatic carbocycles. The molecule has 0 aliphatic rings. The van der Waals surface area contributed by atoms with E-state index in [9.17, 15) is 19.3 Å². The first kappa shape index (κ1) is 15.6. The molecule has 1 heterocycles. The third-order valence-corrected chi connectivity index (χ3v) is 3.69. The second-order valence-electron chi connectivity index (χ2n) is 5.28. The van der Waals surface area contributed by atoms with E-state index in [4.69, 9.17) is 0 Å². The fourth-order valence-corrected chi connectivity index (χ4v) is 2.46. The molecular formula is C16H13FN4O3. The van der Waals surface area contributed by atoms with Crippen molar-refractivity contribution in [3.63, 3.8) is 0 Å². The van der Waals surface area contributed by atoms with Crippen LogP contribution >= 0.6 is 0 Å². The number of nitro benzene ring substituents is 1. The minimum absolute atomic E-state index is 0.0249. The van der Waals surface area contributed by atoms with Crippen molar-refractivity contribution in [2.24, 2.45) is 0 Å². The largest absolute Gasteiger partial charge is 0.344 e. The third-order valence-electron chi connectivity index (χ3n) is 3.69. The van der Waals surface area contributed by atoms with Crippen LogP contribution < -0.4 is 5.32 Å². The summed E-state index contributed by atoms with van der Waals surface area (Å²) in [7, 11) is 0. The van der Waals surface area contributed by atoms with Gasteiger partial charge in [0.1, 0.15) is 5.82 Å². The van der Waals surface area contributed by atoms with Crippen molar-refractivity contribution in [3.8, 4) is 0 Å². The maximum absolute atomic E-state index is 13.8. The van der Waals surface area contributed by atoms with E-state index in [1.54, 1.807) is 25.1 Å². The second kappa shape index (κ2) is 6.07. The number of hydrogen-bond donors (Lipinski definition) is 2. The van der Waals surface area contributed by atoms with Crippen LogP contribution in [0.3, 0.4) is 0 Å². The number of halogens is 1. The summed E-state index contributed by atoms with van der Waals surface area (Å²) in [5.41, 5.74) is 0.734. The number of fused-ring (bicyclic) bond motifs is 1. The number of hydrogen-bond acceptors (Lipinski definition) is 4. The number of carbonyl (C=O) groups is 1. The Bertz CT molecular complexity index is 938. The highest BCUT2D eigenvalue weighted by Crippen LogP contribution is 2.23. The molecule has 8 heteroatoms. The van der Waals surface area contributed by atoms with Crippen LogP contribution in [0.1, 0.15) is 29.0 Å². The summed E-state index contributed by atoms with van der Waals surface area (Å²) >= 11 is 0. The Morgan fingerprint density at radius 1 is 1.33 bits per heavy atom. The van der Waals surface area contributed by atoms with Crippen LogP contribution in [0.2, 0.25) is 0 Å². The van der Waals surface area contributed by atoms with Crippen LogP contribution in [0.15, 0.2) is 42.5 Å². The van der Waals surface area contributed by atoms with Gasteiger partial charge in [-0.2, -0.15) is 5.10 Å². The Balaban J connectivity index is 1.90. The minimum atomic E-state index is -0.579. The summed E-state index contributed by atoms with van der Waals surface area (Å²) in [5, 5.41) is 20.4. The molecule has 1 amide bonds. The quantitative estimate of drug-likeness (QED) is 0.567. The average molecular weight is 328 g/mol. The number of amides is 1. The second-order valence-corrected chi connectivity index (χ2v) is 5.28. The van der Waals surface area contributed by atoms with Gasteiger partial charge >= 0.3 is 0 Å². The lowest BCUT2D eigenvalue weighted by atomic mass is 10.1. The number of nitrogens with one attached hydrogen (secondary N) is 2.